The van der Waals surface area contributed by atoms with E-state index >= 15 is 0 Å². The molecule has 1 fully saturated rings. The monoisotopic (exact) mass is 303 g/mol. The van der Waals surface area contributed by atoms with Gasteiger partial charge in [0.1, 0.15) is 0 Å². The first kappa shape index (κ1) is 15.4. The number of aromatic amines is 1. The van der Waals surface area contributed by atoms with Gasteiger partial charge in [0, 0.05) is 19.7 Å². The van der Waals surface area contributed by atoms with Gasteiger partial charge in [0.15, 0.2) is 5.03 Å². The fraction of sp³-hybridized carbons (Fsp3) is 0.750. The van der Waals surface area contributed by atoms with Gasteiger partial charge in [-0.05, 0) is 25.8 Å². The molecule has 20 heavy (non-hydrogen) atoms. The van der Waals surface area contributed by atoms with Gasteiger partial charge in [0.2, 0.25) is 0 Å². The summed E-state index contributed by atoms with van der Waals surface area (Å²) in [5, 5.41) is 6.34. The van der Waals surface area contributed by atoms with E-state index in [0.717, 1.165) is 0 Å². The number of ether oxygens (including phenoxy) is 2. The Kier molecular flexibility index (Phi) is 5.53. The Morgan fingerprint density at radius 3 is 2.75 bits per heavy atom. The zero-order valence-electron chi connectivity index (χ0n) is 11.6. The Morgan fingerprint density at radius 2 is 2.15 bits per heavy atom. The summed E-state index contributed by atoms with van der Waals surface area (Å²) in [6, 6.07) is 1.47. The quantitative estimate of drug-likeness (QED) is 0.746. The molecule has 1 aromatic heterocycles. The summed E-state index contributed by atoms with van der Waals surface area (Å²) in [6.45, 7) is 4.72. The second-order valence-corrected chi connectivity index (χ2v) is 6.50. The van der Waals surface area contributed by atoms with Crippen molar-refractivity contribution in [3.05, 3.63) is 12.3 Å². The zero-order valence-corrected chi connectivity index (χ0v) is 12.4. The van der Waals surface area contributed by atoms with Crippen LogP contribution < -0.4 is 0 Å². The number of hydrogen-bond donors (Lipinski definition) is 1. The lowest BCUT2D eigenvalue weighted by atomic mass is 10.1. The molecule has 1 aliphatic rings. The Morgan fingerprint density at radius 1 is 1.40 bits per heavy atom. The molecule has 2 rings (SSSR count). The Labute approximate surface area is 119 Å². The van der Waals surface area contributed by atoms with Crippen LogP contribution in [0.15, 0.2) is 17.3 Å². The minimum Gasteiger partial charge on any atom is -0.379 e. The third-order valence-corrected chi connectivity index (χ3v) is 5.11. The van der Waals surface area contributed by atoms with E-state index in [1.54, 1.807) is 0 Å². The van der Waals surface area contributed by atoms with Crippen molar-refractivity contribution < 1.29 is 17.9 Å². The topological polar surface area (TPSA) is 84.5 Å². The molecular weight excluding hydrogens is 282 g/mol. The van der Waals surface area contributed by atoms with Gasteiger partial charge in [-0.3, -0.25) is 5.10 Å². The first-order valence-electron chi connectivity index (χ1n) is 6.83. The second kappa shape index (κ2) is 7.16. The van der Waals surface area contributed by atoms with E-state index in [0.29, 0.717) is 45.8 Å². The predicted octanol–water partition coefficient (Wildman–Crippen LogP) is 0.616. The van der Waals surface area contributed by atoms with Gasteiger partial charge >= 0.3 is 0 Å². The second-order valence-electron chi connectivity index (χ2n) is 4.59. The number of aromatic nitrogens is 2. The molecule has 0 aromatic carbocycles. The summed E-state index contributed by atoms with van der Waals surface area (Å²) in [6.07, 6.45) is 2.97. The summed E-state index contributed by atoms with van der Waals surface area (Å²) in [4.78, 5) is 0. The normalized spacial score (nSPS) is 18.4. The number of nitrogens with one attached hydrogen (secondary N) is 1. The van der Waals surface area contributed by atoms with E-state index in [-0.39, 0.29) is 11.1 Å². The molecule has 0 unspecified atom stereocenters. The van der Waals surface area contributed by atoms with Crippen molar-refractivity contribution in [1.82, 2.24) is 14.5 Å². The lowest BCUT2D eigenvalue weighted by molar-refractivity contribution is -0.0121. The van der Waals surface area contributed by atoms with E-state index in [1.165, 1.54) is 16.6 Å². The summed E-state index contributed by atoms with van der Waals surface area (Å²) >= 11 is 0. The van der Waals surface area contributed by atoms with Crippen molar-refractivity contribution in [2.24, 2.45) is 0 Å². The first-order valence-corrected chi connectivity index (χ1v) is 8.27. The average molecular weight is 303 g/mol. The highest BCUT2D eigenvalue weighted by Crippen LogP contribution is 2.20. The van der Waals surface area contributed by atoms with Crippen LogP contribution in [0.4, 0.5) is 0 Å². The van der Waals surface area contributed by atoms with Crippen LogP contribution in [0, 0.1) is 0 Å². The van der Waals surface area contributed by atoms with E-state index in [9.17, 15) is 8.42 Å². The lowest BCUT2D eigenvalue weighted by Gasteiger charge is -2.30. The molecule has 1 saturated heterocycles. The van der Waals surface area contributed by atoms with E-state index in [1.807, 2.05) is 6.92 Å². The molecule has 1 N–H and O–H groups in total. The maximum Gasteiger partial charge on any atom is 0.259 e. The van der Waals surface area contributed by atoms with Crippen LogP contribution in [0.25, 0.3) is 0 Å². The number of piperidine rings is 1. The fourth-order valence-electron chi connectivity index (χ4n) is 2.18. The minimum absolute atomic E-state index is 0.115. The average Bonchev–Trinajstić information content (AvgIpc) is 2.99. The molecule has 0 atom stereocenters. The van der Waals surface area contributed by atoms with Gasteiger partial charge in [-0.25, -0.2) is 8.42 Å². The molecule has 0 saturated carbocycles. The predicted molar refractivity (Wildman–Crippen MR) is 72.8 cm³/mol. The van der Waals surface area contributed by atoms with Gasteiger partial charge in [-0.2, -0.15) is 9.40 Å². The van der Waals surface area contributed by atoms with Crippen LogP contribution in [-0.4, -0.2) is 61.9 Å². The van der Waals surface area contributed by atoms with E-state index < -0.39 is 10.0 Å². The number of H-pyrrole nitrogens is 1. The van der Waals surface area contributed by atoms with Gasteiger partial charge in [0.25, 0.3) is 10.0 Å². The Hall–Kier alpha value is -0.960. The number of hydrogen-bond acceptors (Lipinski definition) is 5. The molecule has 0 amide bonds. The van der Waals surface area contributed by atoms with Crippen molar-refractivity contribution >= 4 is 10.0 Å². The number of nitrogens with zero attached hydrogens (tertiary/aromatic N) is 2. The van der Waals surface area contributed by atoms with Crippen LogP contribution in [0.5, 0.6) is 0 Å². The molecular formula is C12H21N3O4S. The molecule has 7 nitrogen and oxygen atoms in total. The van der Waals surface area contributed by atoms with Crippen LogP contribution in [-0.2, 0) is 19.5 Å². The Bertz CT molecular complexity index is 481. The van der Waals surface area contributed by atoms with Gasteiger partial charge in [-0.1, -0.05) is 0 Å². The molecule has 0 spiro atoms. The van der Waals surface area contributed by atoms with Crippen LogP contribution in [0.1, 0.15) is 19.8 Å². The molecule has 8 heteroatoms. The molecule has 1 aromatic rings. The number of rotatable bonds is 7. The third kappa shape index (κ3) is 3.78. The van der Waals surface area contributed by atoms with Gasteiger partial charge in [0.05, 0.1) is 25.5 Å². The van der Waals surface area contributed by atoms with Crippen LogP contribution in [0.2, 0.25) is 0 Å². The van der Waals surface area contributed by atoms with Crippen LogP contribution >= 0.6 is 0 Å². The minimum atomic E-state index is -3.44. The molecule has 1 aliphatic heterocycles. The summed E-state index contributed by atoms with van der Waals surface area (Å²) in [5.41, 5.74) is 0. The van der Waals surface area contributed by atoms with E-state index in [4.69, 9.17) is 9.47 Å². The molecule has 114 valence electrons. The maximum atomic E-state index is 12.2. The first-order chi connectivity index (χ1) is 9.64. The van der Waals surface area contributed by atoms with E-state index in [2.05, 4.69) is 10.2 Å². The lowest BCUT2D eigenvalue weighted by Crippen LogP contribution is -2.41. The van der Waals surface area contributed by atoms with Crippen molar-refractivity contribution in [3.63, 3.8) is 0 Å². The van der Waals surface area contributed by atoms with Crippen molar-refractivity contribution in [2.75, 3.05) is 32.9 Å². The third-order valence-electron chi connectivity index (χ3n) is 3.28. The molecule has 0 radical (unpaired) electrons. The van der Waals surface area contributed by atoms with Crippen molar-refractivity contribution in [1.29, 1.82) is 0 Å². The molecule has 0 aliphatic carbocycles. The summed E-state index contributed by atoms with van der Waals surface area (Å²) in [5.74, 6) is 0. The fourth-order valence-corrected chi connectivity index (χ4v) is 3.55. The molecule has 0 bridgehead atoms. The highest BCUT2D eigenvalue weighted by atomic mass is 32.2. The van der Waals surface area contributed by atoms with Gasteiger partial charge in [-0.15, -0.1) is 0 Å². The Balaban J connectivity index is 1.79. The smallest absolute Gasteiger partial charge is 0.259 e. The SMILES string of the molecule is CCOCCOC1CCN(S(=O)(=O)c2ccn[nH]2)CC1. The highest BCUT2D eigenvalue weighted by molar-refractivity contribution is 7.89. The summed E-state index contributed by atoms with van der Waals surface area (Å²) < 4.78 is 36.8. The van der Waals surface area contributed by atoms with Crippen LogP contribution in [0.3, 0.4) is 0 Å². The van der Waals surface area contributed by atoms with Crippen molar-refractivity contribution in [2.45, 2.75) is 30.9 Å². The maximum absolute atomic E-state index is 12.2. The largest absolute Gasteiger partial charge is 0.379 e. The van der Waals surface area contributed by atoms with Gasteiger partial charge < -0.3 is 9.47 Å². The standard InChI is InChI=1S/C12H21N3O4S/c1-2-18-9-10-19-11-4-7-15(8-5-11)20(16,17)12-3-6-13-14-12/h3,6,11H,2,4-5,7-10H2,1H3,(H,13,14). The highest BCUT2D eigenvalue weighted by Gasteiger charge is 2.30. The summed E-state index contributed by atoms with van der Waals surface area (Å²) in [7, 11) is -3.44. The zero-order chi connectivity index (χ0) is 14.4. The molecule has 2 heterocycles. The van der Waals surface area contributed by atoms with Crippen molar-refractivity contribution in [3.8, 4) is 0 Å². The number of sulfonamides is 1.